The van der Waals surface area contributed by atoms with Crippen LogP contribution in [0.1, 0.15) is 376 Å². The van der Waals surface area contributed by atoms with Crippen molar-refractivity contribution in [1.29, 1.82) is 0 Å². The van der Waals surface area contributed by atoms with E-state index in [-0.39, 0.29) is 25.7 Å². The largest absolute Gasteiger partial charge is 0.472 e. The number of aliphatic hydroxyl groups excluding tert-OH is 1. The van der Waals surface area contributed by atoms with Gasteiger partial charge in [0.2, 0.25) is 0 Å². The lowest BCUT2D eigenvalue weighted by Crippen LogP contribution is -2.30. The van der Waals surface area contributed by atoms with Crippen LogP contribution < -0.4 is 0 Å². The van der Waals surface area contributed by atoms with Gasteiger partial charge in [-0.1, -0.05) is 325 Å². The molecule has 0 radical (unpaired) electrons. The Bertz CT molecular complexity index is 1850. The molecule has 0 spiro atoms. The van der Waals surface area contributed by atoms with Gasteiger partial charge in [0, 0.05) is 25.7 Å². The monoisotopic (exact) mass is 1380 g/mol. The summed E-state index contributed by atoms with van der Waals surface area (Å²) in [6.07, 6.45) is 48.9. The Morgan fingerprint density at radius 2 is 0.511 bits per heavy atom. The Morgan fingerprint density at radius 3 is 0.755 bits per heavy atom. The molecule has 0 aliphatic rings. The Morgan fingerprint density at radius 1 is 0.298 bits per heavy atom. The van der Waals surface area contributed by atoms with E-state index in [1.165, 1.54) is 173 Å². The van der Waals surface area contributed by atoms with Crippen LogP contribution in [0.4, 0.5) is 0 Å². The van der Waals surface area contributed by atoms with Crippen molar-refractivity contribution in [3.8, 4) is 0 Å². The minimum atomic E-state index is -4.96. The van der Waals surface area contributed by atoms with Crippen molar-refractivity contribution >= 4 is 39.5 Å². The van der Waals surface area contributed by atoms with Crippen LogP contribution in [0, 0.1) is 23.7 Å². The van der Waals surface area contributed by atoms with E-state index in [2.05, 4.69) is 55.4 Å². The molecule has 0 bridgehead atoms. The molecule has 0 rings (SSSR count). The molecule has 0 aromatic carbocycles. The van der Waals surface area contributed by atoms with Crippen LogP contribution in [0.2, 0.25) is 0 Å². The molecular formula is C75H146O17P2. The van der Waals surface area contributed by atoms with E-state index in [1.54, 1.807) is 0 Å². The lowest BCUT2D eigenvalue weighted by atomic mass is 9.99. The molecule has 0 fully saturated rings. The van der Waals surface area contributed by atoms with Crippen molar-refractivity contribution in [2.75, 3.05) is 39.6 Å². The molecule has 6 atom stereocenters. The third-order valence-electron chi connectivity index (χ3n) is 17.7. The first-order valence-corrected chi connectivity index (χ1v) is 41.7. The van der Waals surface area contributed by atoms with Crippen molar-refractivity contribution < 1.29 is 80.2 Å². The van der Waals surface area contributed by atoms with Crippen LogP contribution in [-0.2, 0) is 65.4 Å². The maximum atomic E-state index is 13.1. The summed E-state index contributed by atoms with van der Waals surface area (Å²) in [7, 11) is -9.91. The average molecular weight is 1380 g/mol. The molecule has 17 nitrogen and oxygen atoms in total. The van der Waals surface area contributed by atoms with E-state index in [4.69, 9.17) is 37.0 Å². The zero-order valence-corrected chi connectivity index (χ0v) is 63.4. The zero-order valence-electron chi connectivity index (χ0n) is 61.6. The number of phosphoric ester groups is 2. The van der Waals surface area contributed by atoms with Gasteiger partial charge in [-0.05, 0) is 49.4 Å². The highest BCUT2D eigenvalue weighted by Crippen LogP contribution is 2.45. The van der Waals surface area contributed by atoms with E-state index >= 15 is 0 Å². The third kappa shape index (κ3) is 67.3. The number of carbonyl (C=O) groups is 4. The van der Waals surface area contributed by atoms with Crippen molar-refractivity contribution in [2.45, 2.75) is 395 Å². The number of hydrogen-bond acceptors (Lipinski definition) is 15. The number of esters is 4. The number of phosphoric acid groups is 2. The molecule has 0 aromatic rings. The summed E-state index contributed by atoms with van der Waals surface area (Å²) in [6, 6.07) is 0. The van der Waals surface area contributed by atoms with Crippen LogP contribution in [0.15, 0.2) is 0 Å². The van der Waals surface area contributed by atoms with Crippen molar-refractivity contribution in [3.05, 3.63) is 0 Å². The quantitative estimate of drug-likeness (QED) is 0.0222. The number of hydrogen-bond donors (Lipinski definition) is 3. The first-order valence-electron chi connectivity index (χ1n) is 38.7. The van der Waals surface area contributed by atoms with Crippen LogP contribution >= 0.6 is 15.6 Å². The predicted octanol–water partition coefficient (Wildman–Crippen LogP) is 21.7. The van der Waals surface area contributed by atoms with Gasteiger partial charge in [-0.3, -0.25) is 37.3 Å². The Labute approximate surface area is 575 Å². The van der Waals surface area contributed by atoms with Gasteiger partial charge in [0.05, 0.1) is 26.4 Å². The van der Waals surface area contributed by atoms with Crippen LogP contribution in [0.5, 0.6) is 0 Å². The number of ether oxygens (including phenoxy) is 4. The molecule has 94 heavy (non-hydrogen) atoms. The molecule has 0 heterocycles. The van der Waals surface area contributed by atoms with E-state index in [1.807, 2.05) is 0 Å². The standard InChI is InChI=1S/C75H146O17P2/c1-9-68(8)54-46-38-29-25-26-32-42-50-58-75(80)92-71(62-86-73(78)56-48-40-34-33-37-45-53-67(6)7)64-90-94(83,84)88-60-69(76)59-87-93(81,82)89-63-70(91-74(79)57-49-41-31-24-20-22-28-36-44-52-66(4)5)61-85-72(77)55-47-39-30-23-19-17-15-13-11-10-12-14-16-18-21-27-35-43-51-65(2)3/h65-71,76H,9-64H2,1-8H3,(H,81,82)(H,83,84)/t68?,69-,70-,71-/m1/s1. The highest BCUT2D eigenvalue weighted by Gasteiger charge is 2.30. The maximum absolute atomic E-state index is 13.1. The van der Waals surface area contributed by atoms with Gasteiger partial charge in [0.1, 0.15) is 19.3 Å². The smallest absolute Gasteiger partial charge is 0.462 e. The van der Waals surface area contributed by atoms with Crippen molar-refractivity contribution in [3.63, 3.8) is 0 Å². The second kappa shape index (κ2) is 64.4. The fourth-order valence-electron chi connectivity index (χ4n) is 11.3. The van der Waals surface area contributed by atoms with E-state index in [0.29, 0.717) is 31.6 Å². The van der Waals surface area contributed by atoms with Gasteiger partial charge in [-0.2, -0.15) is 0 Å². The molecule has 3 unspecified atom stereocenters. The number of carbonyl (C=O) groups excluding carboxylic acids is 4. The zero-order chi connectivity index (χ0) is 69.6. The predicted molar refractivity (Wildman–Crippen MR) is 381 cm³/mol. The van der Waals surface area contributed by atoms with Crippen LogP contribution in [0.25, 0.3) is 0 Å². The molecule has 0 saturated heterocycles. The van der Waals surface area contributed by atoms with Gasteiger partial charge >= 0.3 is 39.5 Å². The summed E-state index contributed by atoms with van der Waals surface area (Å²) in [5.41, 5.74) is 0. The Balaban J connectivity index is 5.16. The third-order valence-corrected chi connectivity index (χ3v) is 19.6. The number of rotatable bonds is 72. The van der Waals surface area contributed by atoms with Gasteiger partial charge in [0.15, 0.2) is 12.2 Å². The normalized spacial score (nSPS) is 14.4. The SMILES string of the molecule is CCC(C)CCCCCCCCCCC(=O)O[C@H](COC(=O)CCCCCCCCC(C)C)COP(=O)(O)OC[C@H](O)COP(=O)(O)OC[C@@H](COC(=O)CCCCCCCCCCCCCCCCCCCCC(C)C)OC(=O)CCCCCCCCCCCC(C)C. The first-order chi connectivity index (χ1) is 45.1. The molecule has 558 valence electrons. The molecule has 0 aliphatic heterocycles. The fraction of sp³-hybridized carbons (Fsp3) is 0.947. The number of aliphatic hydroxyl groups is 1. The Hall–Kier alpha value is -1.94. The maximum Gasteiger partial charge on any atom is 0.472 e. The molecular weight excluding hydrogens is 1230 g/mol. The van der Waals surface area contributed by atoms with Gasteiger partial charge in [-0.15, -0.1) is 0 Å². The Kier molecular flexibility index (Phi) is 63.1. The summed E-state index contributed by atoms with van der Waals surface area (Å²) in [5.74, 6) is 0.881. The highest BCUT2D eigenvalue weighted by atomic mass is 31.2. The molecule has 0 saturated carbocycles. The summed E-state index contributed by atoms with van der Waals surface area (Å²) < 4.78 is 68.4. The summed E-state index contributed by atoms with van der Waals surface area (Å²) in [6.45, 7) is 14.1. The van der Waals surface area contributed by atoms with Crippen LogP contribution in [0.3, 0.4) is 0 Å². The summed E-state index contributed by atoms with van der Waals surface area (Å²) in [4.78, 5) is 72.7. The molecule has 19 heteroatoms. The van der Waals surface area contributed by atoms with Gasteiger partial charge < -0.3 is 33.8 Å². The highest BCUT2D eigenvalue weighted by molar-refractivity contribution is 7.47. The van der Waals surface area contributed by atoms with Crippen molar-refractivity contribution in [2.24, 2.45) is 23.7 Å². The van der Waals surface area contributed by atoms with Gasteiger partial charge in [0.25, 0.3) is 0 Å². The molecule has 0 amide bonds. The fourth-order valence-corrected chi connectivity index (χ4v) is 12.9. The first kappa shape index (κ1) is 92.1. The minimum Gasteiger partial charge on any atom is -0.462 e. The van der Waals surface area contributed by atoms with E-state index in [9.17, 15) is 43.2 Å². The topological polar surface area (TPSA) is 237 Å². The summed E-state index contributed by atoms with van der Waals surface area (Å²) in [5, 5.41) is 10.6. The second-order valence-corrected chi connectivity index (χ2v) is 31.6. The lowest BCUT2D eigenvalue weighted by molar-refractivity contribution is -0.161. The van der Waals surface area contributed by atoms with E-state index < -0.39 is 97.5 Å². The van der Waals surface area contributed by atoms with Crippen molar-refractivity contribution in [1.82, 2.24) is 0 Å². The van der Waals surface area contributed by atoms with E-state index in [0.717, 1.165) is 114 Å². The minimum absolute atomic E-state index is 0.103. The average Bonchev–Trinajstić information content (AvgIpc) is 1.39. The van der Waals surface area contributed by atoms with Crippen LogP contribution in [-0.4, -0.2) is 96.7 Å². The molecule has 0 aromatic heterocycles. The summed E-state index contributed by atoms with van der Waals surface area (Å²) >= 11 is 0. The number of unbranched alkanes of at least 4 members (excludes halogenated alkanes) is 37. The van der Waals surface area contributed by atoms with Gasteiger partial charge in [-0.25, -0.2) is 9.13 Å². The second-order valence-electron chi connectivity index (χ2n) is 28.7. The lowest BCUT2D eigenvalue weighted by Gasteiger charge is -2.21. The molecule has 0 aliphatic carbocycles. The molecule has 3 N–H and O–H groups in total.